The first-order chi connectivity index (χ1) is 18.4. The van der Waals surface area contributed by atoms with Crippen LogP contribution in [0.5, 0.6) is 0 Å². The molecule has 1 N–H and O–H groups in total. The quantitative estimate of drug-likeness (QED) is 0.435. The van der Waals surface area contributed by atoms with E-state index >= 15 is 0 Å². The Kier molecular flexibility index (Phi) is 9.54. The second-order valence-corrected chi connectivity index (χ2v) is 14.1. The molecule has 212 valence electrons. The lowest BCUT2D eigenvalue weighted by molar-refractivity contribution is -0.133. The summed E-state index contributed by atoms with van der Waals surface area (Å²) in [5.74, 6) is -0.936. The molecule has 7 nitrogen and oxygen atoms in total. The lowest BCUT2D eigenvalue weighted by Crippen LogP contribution is -2.53. The first kappa shape index (κ1) is 30.1. The minimum absolute atomic E-state index is 0.0659. The van der Waals surface area contributed by atoms with Crippen LogP contribution in [0.3, 0.4) is 0 Å². The van der Waals surface area contributed by atoms with Crippen molar-refractivity contribution in [2.45, 2.75) is 68.6 Å². The van der Waals surface area contributed by atoms with Crippen molar-refractivity contribution in [3.05, 3.63) is 63.1 Å². The number of carbonyl (C=O) groups is 2. The fraction of sp³-hybridized carbons (Fsp3) is 0.500. The molecule has 2 aromatic rings. The van der Waals surface area contributed by atoms with Crippen molar-refractivity contribution in [2.24, 2.45) is 5.92 Å². The van der Waals surface area contributed by atoms with E-state index in [1.54, 1.807) is 17.0 Å². The molecule has 2 amide bonds. The monoisotopic (exact) mass is 613 g/mol. The number of halogens is 3. The largest absolute Gasteiger partial charge is 0.340 e. The molecule has 0 bridgehead atoms. The van der Waals surface area contributed by atoms with Gasteiger partial charge < -0.3 is 15.1 Å². The normalized spacial score (nSPS) is 24.0. The van der Waals surface area contributed by atoms with Crippen LogP contribution in [0.25, 0.3) is 0 Å². The SMILES string of the molecule is CC(C)N(C)[C@@H]1CC[C@H](N2CC[C@H](NC(=O)c3cc(Cl)cc(Cl)c3)C2=O)[C@@H](CS(=O)(=O)c2ccc(Cl)cc2)C1. The first-order valence-corrected chi connectivity index (χ1v) is 15.9. The second-order valence-electron chi connectivity index (χ2n) is 10.8. The van der Waals surface area contributed by atoms with Crippen LogP contribution in [0.4, 0.5) is 0 Å². The lowest BCUT2D eigenvalue weighted by Gasteiger charge is -2.44. The topological polar surface area (TPSA) is 86.8 Å². The van der Waals surface area contributed by atoms with Crippen molar-refractivity contribution in [1.29, 1.82) is 0 Å². The summed E-state index contributed by atoms with van der Waals surface area (Å²) >= 11 is 18.1. The summed E-state index contributed by atoms with van der Waals surface area (Å²) in [7, 11) is -1.55. The predicted molar refractivity (Wildman–Crippen MR) is 155 cm³/mol. The number of carbonyl (C=O) groups excluding carboxylic acids is 2. The first-order valence-electron chi connectivity index (χ1n) is 13.1. The maximum Gasteiger partial charge on any atom is 0.252 e. The Bertz CT molecular complexity index is 1300. The summed E-state index contributed by atoms with van der Waals surface area (Å²) in [5, 5.41) is 3.96. The molecule has 4 atom stereocenters. The van der Waals surface area contributed by atoms with Gasteiger partial charge in [-0.2, -0.15) is 0 Å². The highest BCUT2D eigenvalue weighted by Crippen LogP contribution is 2.36. The highest BCUT2D eigenvalue weighted by molar-refractivity contribution is 7.91. The molecular weight excluding hydrogens is 581 g/mol. The molecule has 1 aliphatic heterocycles. The van der Waals surface area contributed by atoms with Gasteiger partial charge in [0.25, 0.3) is 5.91 Å². The van der Waals surface area contributed by atoms with Gasteiger partial charge in [0.15, 0.2) is 9.84 Å². The number of nitrogens with one attached hydrogen (secondary N) is 1. The number of hydrogen-bond donors (Lipinski definition) is 1. The Labute approximate surface area is 245 Å². The highest BCUT2D eigenvalue weighted by atomic mass is 35.5. The second kappa shape index (κ2) is 12.4. The molecular formula is C28H34Cl3N3O4S. The van der Waals surface area contributed by atoms with E-state index < -0.39 is 21.8 Å². The minimum Gasteiger partial charge on any atom is -0.340 e. The highest BCUT2D eigenvalue weighted by Gasteiger charge is 2.44. The van der Waals surface area contributed by atoms with Crippen LogP contribution >= 0.6 is 34.8 Å². The van der Waals surface area contributed by atoms with E-state index in [-0.39, 0.29) is 40.1 Å². The van der Waals surface area contributed by atoms with Gasteiger partial charge in [0, 0.05) is 45.3 Å². The van der Waals surface area contributed by atoms with Crippen LogP contribution in [0.1, 0.15) is 49.9 Å². The van der Waals surface area contributed by atoms with Crippen LogP contribution in [0.2, 0.25) is 15.1 Å². The Morgan fingerprint density at radius 1 is 1.03 bits per heavy atom. The molecule has 1 aliphatic carbocycles. The van der Waals surface area contributed by atoms with Crippen molar-refractivity contribution < 1.29 is 18.0 Å². The molecule has 0 aromatic heterocycles. The average molecular weight is 615 g/mol. The molecule has 39 heavy (non-hydrogen) atoms. The zero-order valence-corrected chi connectivity index (χ0v) is 25.3. The summed E-state index contributed by atoms with van der Waals surface area (Å²) in [6, 6.07) is 10.4. The maximum absolute atomic E-state index is 13.5. The molecule has 0 spiro atoms. The van der Waals surface area contributed by atoms with Crippen LogP contribution < -0.4 is 5.32 Å². The maximum atomic E-state index is 13.5. The Balaban J connectivity index is 1.53. The number of amides is 2. The van der Waals surface area contributed by atoms with Gasteiger partial charge in [-0.05, 0) is 95.0 Å². The lowest BCUT2D eigenvalue weighted by atomic mass is 9.81. The number of rotatable bonds is 8. The Morgan fingerprint density at radius 3 is 2.28 bits per heavy atom. The number of nitrogens with zero attached hydrogens (tertiary/aromatic N) is 2. The zero-order chi connectivity index (χ0) is 28.5. The molecule has 2 fully saturated rings. The standard InChI is InChI=1S/C28H34Cl3N3O4S/c1-17(2)33(3)23-6-9-26(19(14-23)16-39(37,38)24-7-4-20(29)5-8-24)34-11-10-25(28(34)36)32-27(35)18-12-21(30)15-22(31)13-18/h4-5,7-8,12-13,15,17,19,23,25-26H,6,9-11,14,16H2,1-3H3,(H,32,35)/t19-,23-,25+,26+/m1/s1. The van der Waals surface area contributed by atoms with Crippen LogP contribution in [-0.2, 0) is 14.6 Å². The number of benzene rings is 2. The van der Waals surface area contributed by atoms with Crippen LogP contribution in [0.15, 0.2) is 47.4 Å². The fourth-order valence-corrected chi connectivity index (χ4v) is 8.03. The summed E-state index contributed by atoms with van der Waals surface area (Å²) in [4.78, 5) is 30.7. The van der Waals surface area contributed by atoms with Gasteiger partial charge in [0.2, 0.25) is 5.91 Å². The van der Waals surface area contributed by atoms with Crippen molar-refractivity contribution in [2.75, 3.05) is 19.3 Å². The van der Waals surface area contributed by atoms with Crippen molar-refractivity contribution >= 4 is 56.5 Å². The minimum atomic E-state index is -3.61. The van der Waals surface area contributed by atoms with Gasteiger partial charge >= 0.3 is 0 Å². The van der Waals surface area contributed by atoms with Crippen molar-refractivity contribution in [3.8, 4) is 0 Å². The summed E-state index contributed by atoms with van der Waals surface area (Å²) in [5.41, 5.74) is 0.280. The van der Waals surface area contributed by atoms with Gasteiger partial charge in [0.05, 0.1) is 10.6 Å². The molecule has 0 radical (unpaired) electrons. The summed E-state index contributed by atoms with van der Waals surface area (Å²) in [6.07, 6.45) is 2.66. The zero-order valence-electron chi connectivity index (χ0n) is 22.2. The molecule has 4 rings (SSSR count). The van der Waals surface area contributed by atoms with Gasteiger partial charge in [0.1, 0.15) is 6.04 Å². The van der Waals surface area contributed by atoms with E-state index in [4.69, 9.17) is 34.8 Å². The van der Waals surface area contributed by atoms with Gasteiger partial charge in [-0.15, -0.1) is 0 Å². The number of hydrogen-bond acceptors (Lipinski definition) is 5. The van der Waals surface area contributed by atoms with Crippen LogP contribution in [-0.4, -0.2) is 73.5 Å². The van der Waals surface area contributed by atoms with E-state index in [1.165, 1.54) is 30.3 Å². The molecule has 1 heterocycles. The Morgan fingerprint density at radius 2 is 1.67 bits per heavy atom. The van der Waals surface area contributed by atoms with Crippen molar-refractivity contribution in [3.63, 3.8) is 0 Å². The average Bonchev–Trinajstić information content (AvgIpc) is 3.22. The third-order valence-corrected chi connectivity index (χ3v) is 10.5. The van der Waals surface area contributed by atoms with Gasteiger partial charge in [-0.25, -0.2) is 8.42 Å². The molecule has 11 heteroatoms. The molecule has 1 saturated heterocycles. The van der Waals surface area contributed by atoms with E-state index in [1.807, 2.05) is 0 Å². The Hall–Kier alpha value is -1.84. The third-order valence-electron chi connectivity index (χ3n) is 7.98. The molecule has 1 saturated carbocycles. The van der Waals surface area contributed by atoms with Gasteiger partial charge in [-0.1, -0.05) is 34.8 Å². The molecule has 0 unspecified atom stereocenters. The third kappa shape index (κ3) is 7.09. The van der Waals surface area contributed by atoms with Gasteiger partial charge in [-0.3, -0.25) is 9.59 Å². The smallest absolute Gasteiger partial charge is 0.252 e. The van der Waals surface area contributed by atoms with Crippen molar-refractivity contribution in [1.82, 2.24) is 15.1 Å². The summed E-state index contributed by atoms with van der Waals surface area (Å²) < 4.78 is 26.9. The summed E-state index contributed by atoms with van der Waals surface area (Å²) in [6.45, 7) is 4.69. The van der Waals surface area contributed by atoms with Crippen LogP contribution in [0, 0.1) is 5.92 Å². The van der Waals surface area contributed by atoms with E-state index in [0.29, 0.717) is 46.9 Å². The number of sulfone groups is 1. The number of likely N-dealkylation sites (tertiary alicyclic amines) is 1. The molecule has 2 aromatic carbocycles. The molecule has 2 aliphatic rings. The van der Waals surface area contributed by atoms with E-state index in [2.05, 4.69) is 31.1 Å². The van der Waals surface area contributed by atoms with E-state index in [0.717, 1.165) is 6.42 Å². The predicted octanol–water partition coefficient (Wildman–Crippen LogP) is 5.33. The van der Waals surface area contributed by atoms with E-state index in [9.17, 15) is 18.0 Å². The fourth-order valence-electron chi connectivity index (χ4n) is 5.72.